The first-order valence-electron chi connectivity index (χ1n) is 31.4. The predicted molar refractivity (Wildman–Crippen MR) is 300 cm³/mol. The second-order valence-electron chi connectivity index (χ2n) is 22.9. The zero-order chi connectivity index (χ0) is 57.6. The molecule has 17 atom stereocenters. The molecule has 0 aromatic heterocycles. The Morgan fingerprint density at radius 2 is 0.785 bits per heavy atom. The van der Waals surface area contributed by atoms with Gasteiger partial charge in [-0.3, -0.25) is 4.79 Å². The molecule has 3 aliphatic heterocycles. The molecule has 0 aliphatic carbocycles. The summed E-state index contributed by atoms with van der Waals surface area (Å²) in [4.78, 5) is 13.3. The third kappa shape index (κ3) is 27.9. The summed E-state index contributed by atoms with van der Waals surface area (Å²) in [5, 5.41) is 120. The van der Waals surface area contributed by atoms with Crippen LogP contribution in [0.2, 0.25) is 0 Å². The molecule has 19 nitrogen and oxygen atoms in total. The van der Waals surface area contributed by atoms with Crippen molar-refractivity contribution in [2.24, 2.45) is 0 Å². The third-order valence-electron chi connectivity index (χ3n) is 16.1. The lowest BCUT2D eigenvalue weighted by molar-refractivity contribution is -0.379. The van der Waals surface area contributed by atoms with Crippen LogP contribution < -0.4 is 5.32 Å². The highest BCUT2D eigenvalue weighted by Gasteiger charge is 2.53. The quantitative estimate of drug-likeness (QED) is 0.0240. The summed E-state index contributed by atoms with van der Waals surface area (Å²) in [5.74, 6) is -0.272. The SMILES string of the molecule is CCCCCCCCCCCCCCCCCCC/C=C/C(O)C(COC1OC(CO)C(OC2OC(CO)C(OC3OC(CO)C(O)C(O)C3O)C(O)C2O)C(O)C1O)NC(=O)CCCCCCCCCCCCCCCCC. The van der Waals surface area contributed by atoms with Crippen LogP contribution in [0.15, 0.2) is 12.2 Å². The first-order valence-corrected chi connectivity index (χ1v) is 31.4. The minimum Gasteiger partial charge on any atom is -0.394 e. The number of unbranched alkanes of at least 4 members (excludes halogenated alkanes) is 31. The standard InChI is InChI=1S/C60H113NO18/c1-3-5-7-9-11-13-15-17-19-20-21-22-24-25-27-29-31-33-35-37-44(65)43(61-48(66)38-36-34-32-30-28-26-23-18-16-14-12-10-8-6-4-2)42-74-58-54(72)51(69)56(46(40-63)76-58)79-60-55(73)52(70)57(47(41-64)77-60)78-59-53(71)50(68)49(67)45(39-62)75-59/h35,37,43-47,49-60,62-65,67-73H,3-34,36,38-42H2,1-2H3,(H,61,66)/b37-35+. The number of hydrogen-bond acceptors (Lipinski definition) is 18. The van der Waals surface area contributed by atoms with E-state index in [0.29, 0.717) is 6.42 Å². The van der Waals surface area contributed by atoms with Crippen molar-refractivity contribution in [3.8, 4) is 0 Å². The molecule has 17 unspecified atom stereocenters. The Morgan fingerprint density at radius 1 is 0.443 bits per heavy atom. The fourth-order valence-corrected chi connectivity index (χ4v) is 10.9. The van der Waals surface area contributed by atoms with Gasteiger partial charge in [-0.05, 0) is 19.3 Å². The summed E-state index contributed by atoms with van der Waals surface area (Å²) in [7, 11) is 0. The van der Waals surface area contributed by atoms with E-state index in [2.05, 4.69) is 19.2 Å². The summed E-state index contributed by atoms with van der Waals surface area (Å²) in [6, 6.07) is -0.967. The van der Waals surface area contributed by atoms with Crippen molar-refractivity contribution < 1.29 is 89.4 Å². The number of carbonyl (C=O) groups excluding carboxylic acids is 1. The van der Waals surface area contributed by atoms with E-state index in [0.717, 1.165) is 44.9 Å². The van der Waals surface area contributed by atoms with Gasteiger partial charge in [0.1, 0.15) is 73.2 Å². The maximum Gasteiger partial charge on any atom is 0.220 e. The zero-order valence-electron chi connectivity index (χ0n) is 48.6. The molecular weight excluding hydrogens is 1020 g/mol. The van der Waals surface area contributed by atoms with E-state index in [1.807, 2.05) is 6.08 Å². The van der Waals surface area contributed by atoms with Crippen LogP contribution in [0.4, 0.5) is 0 Å². The van der Waals surface area contributed by atoms with Crippen LogP contribution in [0.1, 0.15) is 232 Å². The number of nitrogens with one attached hydrogen (secondary N) is 1. The van der Waals surface area contributed by atoms with E-state index in [1.165, 1.54) is 161 Å². The summed E-state index contributed by atoms with van der Waals surface area (Å²) >= 11 is 0. The monoisotopic (exact) mass is 1140 g/mol. The van der Waals surface area contributed by atoms with E-state index in [1.54, 1.807) is 6.08 Å². The molecule has 12 N–H and O–H groups in total. The van der Waals surface area contributed by atoms with E-state index in [9.17, 15) is 61.0 Å². The molecule has 466 valence electrons. The largest absolute Gasteiger partial charge is 0.394 e. The topological polar surface area (TPSA) is 307 Å². The first-order chi connectivity index (χ1) is 38.3. The normalized spacial score (nSPS) is 30.3. The fraction of sp³-hybridized carbons (Fsp3) is 0.950. The second kappa shape index (κ2) is 44.1. The smallest absolute Gasteiger partial charge is 0.220 e. The lowest BCUT2D eigenvalue weighted by Gasteiger charge is -2.48. The number of aliphatic hydroxyl groups excluding tert-OH is 11. The number of amides is 1. The Morgan fingerprint density at radius 3 is 1.19 bits per heavy atom. The highest BCUT2D eigenvalue weighted by Crippen LogP contribution is 2.33. The Kier molecular flexibility index (Phi) is 40.1. The van der Waals surface area contributed by atoms with Crippen molar-refractivity contribution in [2.75, 3.05) is 26.4 Å². The van der Waals surface area contributed by atoms with Crippen molar-refractivity contribution in [3.05, 3.63) is 12.2 Å². The number of rotatable bonds is 47. The molecule has 79 heavy (non-hydrogen) atoms. The molecule has 3 rings (SSSR count). The van der Waals surface area contributed by atoms with Crippen LogP contribution in [-0.2, 0) is 33.2 Å². The maximum absolute atomic E-state index is 13.3. The van der Waals surface area contributed by atoms with Gasteiger partial charge in [0.15, 0.2) is 18.9 Å². The molecule has 3 fully saturated rings. The minimum absolute atomic E-state index is 0.249. The van der Waals surface area contributed by atoms with Gasteiger partial charge in [-0.25, -0.2) is 0 Å². The highest BCUT2D eigenvalue weighted by molar-refractivity contribution is 5.76. The van der Waals surface area contributed by atoms with Crippen LogP contribution in [0.25, 0.3) is 0 Å². The highest BCUT2D eigenvalue weighted by atomic mass is 16.8. The molecule has 0 spiro atoms. The minimum atomic E-state index is -1.97. The number of allylic oxidation sites excluding steroid dienone is 1. The van der Waals surface area contributed by atoms with Crippen molar-refractivity contribution in [2.45, 2.75) is 336 Å². The van der Waals surface area contributed by atoms with Crippen molar-refractivity contribution in [1.82, 2.24) is 5.32 Å². The molecule has 3 heterocycles. The van der Waals surface area contributed by atoms with Crippen LogP contribution in [0, 0.1) is 0 Å². The zero-order valence-corrected chi connectivity index (χ0v) is 48.6. The summed E-state index contributed by atoms with van der Waals surface area (Å²) < 4.78 is 34.3. The molecular formula is C60H113NO18. The van der Waals surface area contributed by atoms with Gasteiger partial charge in [0.2, 0.25) is 5.91 Å². The first kappa shape index (κ1) is 71.8. The lowest BCUT2D eigenvalue weighted by Crippen LogP contribution is -2.66. The van der Waals surface area contributed by atoms with E-state index < -0.39 is 124 Å². The van der Waals surface area contributed by atoms with Crippen LogP contribution in [0.5, 0.6) is 0 Å². The molecule has 0 saturated carbocycles. The lowest BCUT2D eigenvalue weighted by atomic mass is 9.96. The van der Waals surface area contributed by atoms with Crippen LogP contribution in [0.3, 0.4) is 0 Å². The van der Waals surface area contributed by atoms with Crippen molar-refractivity contribution in [1.29, 1.82) is 0 Å². The summed E-state index contributed by atoms with van der Waals surface area (Å²) in [6.45, 7) is 1.74. The number of hydrogen-bond donors (Lipinski definition) is 12. The summed E-state index contributed by atoms with van der Waals surface area (Å²) in [6.07, 6.45) is 17.6. The average Bonchev–Trinajstić information content (AvgIpc) is 3.57. The van der Waals surface area contributed by atoms with Gasteiger partial charge in [-0.15, -0.1) is 0 Å². The van der Waals surface area contributed by atoms with E-state index in [4.69, 9.17) is 28.4 Å². The molecule has 19 heteroatoms. The maximum atomic E-state index is 13.3. The van der Waals surface area contributed by atoms with Gasteiger partial charge >= 0.3 is 0 Å². The fourth-order valence-electron chi connectivity index (χ4n) is 10.9. The Bertz CT molecular complexity index is 1500. The molecule has 1 amide bonds. The Balaban J connectivity index is 1.49. The van der Waals surface area contributed by atoms with Crippen molar-refractivity contribution >= 4 is 5.91 Å². The summed E-state index contributed by atoms with van der Waals surface area (Å²) in [5.41, 5.74) is 0. The van der Waals surface area contributed by atoms with Gasteiger partial charge < -0.3 is 89.9 Å². The predicted octanol–water partition coefficient (Wildman–Crippen LogP) is 6.16. The van der Waals surface area contributed by atoms with E-state index in [-0.39, 0.29) is 18.9 Å². The number of aliphatic hydroxyl groups is 11. The molecule has 0 radical (unpaired) electrons. The van der Waals surface area contributed by atoms with Crippen molar-refractivity contribution in [3.63, 3.8) is 0 Å². The molecule has 0 aromatic rings. The molecule has 3 aliphatic rings. The van der Waals surface area contributed by atoms with Gasteiger partial charge in [-0.2, -0.15) is 0 Å². The van der Waals surface area contributed by atoms with Crippen LogP contribution >= 0.6 is 0 Å². The van der Waals surface area contributed by atoms with Gasteiger partial charge in [0, 0.05) is 6.42 Å². The molecule has 0 aromatic carbocycles. The molecule has 3 saturated heterocycles. The van der Waals surface area contributed by atoms with Gasteiger partial charge in [-0.1, -0.05) is 219 Å². The number of ether oxygens (including phenoxy) is 6. The van der Waals surface area contributed by atoms with Gasteiger partial charge in [0.05, 0.1) is 38.6 Å². The van der Waals surface area contributed by atoms with Crippen LogP contribution in [-0.4, -0.2) is 193 Å². The average molecular weight is 1140 g/mol. The van der Waals surface area contributed by atoms with Gasteiger partial charge in [0.25, 0.3) is 0 Å². The second-order valence-corrected chi connectivity index (χ2v) is 22.9. The molecule has 0 bridgehead atoms. The Labute approximate surface area is 474 Å². The third-order valence-corrected chi connectivity index (χ3v) is 16.1. The Hall–Kier alpha value is -1.47. The van der Waals surface area contributed by atoms with E-state index >= 15 is 0 Å². The number of carbonyl (C=O) groups is 1.